The SMILES string of the molecule is CN(C)c1ccccc1Cc1nnnn1-c1ccc(N2C(=O)CC(=O)Nc3c2ccc2ccccc32)cc1.CS(=O)(=O)O. The van der Waals surface area contributed by atoms with Gasteiger partial charge in [-0.05, 0) is 57.8 Å². The molecule has 1 aliphatic rings. The largest absolute Gasteiger partial charge is 0.377 e. The number of benzene rings is 4. The molecule has 1 aromatic heterocycles. The minimum absolute atomic E-state index is 0.243. The summed E-state index contributed by atoms with van der Waals surface area (Å²) in [7, 11) is 0.351. The lowest BCUT2D eigenvalue weighted by molar-refractivity contribution is -0.124. The molecule has 13 heteroatoms. The van der Waals surface area contributed by atoms with Gasteiger partial charge in [-0.3, -0.25) is 19.0 Å². The van der Waals surface area contributed by atoms with E-state index in [1.54, 1.807) is 9.58 Å². The van der Waals surface area contributed by atoms with E-state index in [0.29, 0.717) is 35.6 Å². The third kappa shape index (κ3) is 6.68. The summed E-state index contributed by atoms with van der Waals surface area (Å²) in [5.41, 5.74) is 4.90. The Labute approximate surface area is 248 Å². The van der Waals surface area contributed by atoms with Gasteiger partial charge in [0.25, 0.3) is 10.1 Å². The number of amides is 2. The van der Waals surface area contributed by atoms with Crippen molar-refractivity contribution in [1.82, 2.24) is 20.2 Å². The maximum absolute atomic E-state index is 13.2. The average molecular weight is 600 g/mol. The van der Waals surface area contributed by atoms with E-state index >= 15 is 0 Å². The Kier molecular flexibility index (Phi) is 8.19. The molecular weight excluding hydrogens is 570 g/mol. The monoisotopic (exact) mass is 599 g/mol. The van der Waals surface area contributed by atoms with Gasteiger partial charge in [0, 0.05) is 37.3 Å². The van der Waals surface area contributed by atoms with Crippen LogP contribution in [0.5, 0.6) is 0 Å². The molecule has 1 aliphatic heterocycles. The van der Waals surface area contributed by atoms with Crippen molar-refractivity contribution in [2.75, 3.05) is 35.5 Å². The summed E-state index contributed by atoms with van der Waals surface area (Å²) >= 11 is 0. The minimum atomic E-state index is -3.67. The van der Waals surface area contributed by atoms with Crippen LogP contribution in [0.2, 0.25) is 0 Å². The van der Waals surface area contributed by atoms with Crippen molar-refractivity contribution in [1.29, 1.82) is 0 Å². The molecular formula is C30H29N7O5S. The van der Waals surface area contributed by atoms with Crippen LogP contribution in [0, 0.1) is 0 Å². The molecule has 43 heavy (non-hydrogen) atoms. The quantitative estimate of drug-likeness (QED) is 0.226. The number of hydrogen-bond acceptors (Lipinski definition) is 8. The number of hydrogen-bond donors (Lipinski definition) is 2. The summed E-state index contributed by atoms with van der Waals surface area (Å²) in [6.07, 6.45) is 1.03. The van der Waals surface area contributed by atoms with Crippen molar-refractivity contribution >= 4 is 55.5 Å². The fourth-order valence-electron chi connectivity index (χ4n) is 4.92. The van der Waals surface area contributed by atoms with Crippen molar-refractivity contribution in [2.45, 2.75) is 12.8 Å². The Hall–Kier alpha value is -5.14. The van der Waals surface area contributed by atoms with Gasteiger partial charge in [-0.1, -0.05) is 48.5 Å². The first kappa shape index (κ1) is 29.4. The highest BCUT2D eigenvalue weighted by atomic mass is 32.2. The number of carbonyl (C=O) groups is 2. The summed E-state index contributed by atoms with van der Waals surface area (Å²) < 4.78 is 27.6. The van der Waals surface area contributed by atoms with Crippen LogP contribution in [0.4, 0.5) is 22.7 Å². The topological polar surface area (TPSA) is 151 Å². The lowest BCUT2D eigenvalue weighted by Crippen LogP contribution is -2.26. The number of para-hydroxylation sites is 1. The van der Waals surface area contributed by atoms with Crippen LogP contribution in [0.15, 0.2) is 84.9 Å². The molecule has 0 bridgehead atoms. The van der Waals surface area contributed by atoms with Crippen LogP contribution in [-0.4, -0.2) is 65.3 Å². The number of nitrogens with one attached hydrogen (secondary N) is 1. The van der Waals surface area contributed by atoms with E-state index in [1.807, 2.05) is 86.9 Å². The highest BCUT2D eigenvalue weighted by Gasteiger charge is 2.28. The first-order chi connectivity index (χ1) is 20.5. The van der Waals surface area contributed by atoms with E-state index in [4.69, 9.17) is 4.55 Å². The van der Waals surface area contributed by atoms with Crippen LogP contribution in [-0.2, 0) is 26.1 Å². The number of tetrazole rings is 1. The van der Waals surface area contributed by atoms with Gasteiger partial charge in [0.1, 0.15) is 6.42 Å². The number of fused-ring (bicyclic) bond motifs is 3. The standard InChI is InChI=1S/C29H25N7O2.CH4O3S/c1-34(2)24-10-6-4-8-20(24)17-26-31-32-33-36(26)22-14-12-21(13-15-22)35-25-16-11-19-7-3-5-9-23(19)29(25)30-27(37)18-28(35)38;1-5(2,3)4/h3-16H,17-18H2,1-2H3,(H,30,37);1H3,(H,2,3,4). The van der Waals surface area contributed by atoms with Crippen molar-refractivity contribution in [3.05, 3.63) is 96.3 Å². The molecule has 0 atom stereocenters. The van der Waals surface area contributed by atoms with E-state index in [2.05, 4.69) is 37.9 Å². The molecule has 0 spiro atoms. The van der Waals surface area contributed by atoms with Gasteiger partial charge in [0.2, 0.25) is 11.8 Å². The maximum Gasteiger partial charge on any atom is 0.261 e. The van der Waals surface area contributed by atoms with E-state index in [1.165, 1.54) is 0 Å². The minimum Gasteiger partial charge on any atom is -0.377 e. The van der Waals surface area contributed by atoms with E-state index in [9.17, 15) is 18.0 Å². The average Bonchev–Trinajstić information content (AvgIpc) is 3.36. The number of anilines is 4. The summed E-state index contributed by atoms with van der Waals surface area (Å²) in [5.74, 6) is 0.0697. The lowest BCUT2D eigenvalue weighted by atomic mass is 10.1. The molecule has 6 rings (SSSR count). The second-order valence-corrected chi connectivity index (χ2v) is 11.6. The van der Waals surface area contributed by atoms with Gasteiger partial charge < -0.3 is 10.2 Å². The molecule has 5 aromatic rings. The highest BCUT2D eigenvalue weighted by molar-refractivity contribution is 7.85. The molecule has 220 valence electrons. The van der Waals surface area contributed by atoms with Gasteiger partial charge in [-0.2, -0.15) is 13.1 Å². The van der Waals surface area contributed by atoms with Gasteiger partial charge in [0.15, 0.2) is 5.82 Å². The Morgan fingerprint density at radius 1 is 0.907 bits per heavy atom. The van der Waals surface area contributed by atoms with Crippen LogP contribution in [0.1, 0.15) is 17.8 Å². The Bertz CT molecular complexity index is 1910. The predicted molar refractivity (Wildman–Crippen MR) is 165 cm³/mol. The Balaban J connectivity index is 0.000000682. The van der Waals surface area contributed by atoms with Crippen LogP contribution < -0.4 is 15.1 Å². The van der Waals surface area contributed by atoms with Crippen molar-refractivity contribution < 1.29 is 22.6 Å². The zero-order valence-corrected chi connectivity index (χ0v) is 24.5. The normalized spacial score (nSPS) is 13.1. The molecule has 2 N–H and O–H groups in total. The molecule has 4 aromatic carbocycles. The van der Waals surface area contributed by atoms with Crippen molar-refractivity contribution in [3.8, 4) is 5.69 Å². The lowest BCUT2D eigenvalue weighted by Gasteiger charge is -2.23. The Morgan fingerprint density at radius 3 is 2.28 bits per heavy atom. The molecule has 0 unspecified atom stereocenters. The zero-order chi connectivity index (χ0) is 30.7. The second-order valence-electron chi connectivity index (χ2n) is 10.1. The number of rotatable bonds is 5. The summed E-state index contributed by atoms with van der Waals surface area (Å²) in [6, 6.07) is 27.2. The molecule has 2 heterocycles. The second kappa shape index (κ2) is 12.0. The van der Waals surface area contributed by atoms with E-state index in [0.717, 1.165) is 27.7 Å². The molecule has 0 fully saturated rings. The third-order valence-corrected chi connectivity index (χ3v) is 6.68. The molecule has 0 radical (unpaired) electrons. The molecule has 0 saturated heterocycles. The number of aromatic nitrogens is 4. The van der Waals surface area contributed by atoms with Crippen molar-refractivity contribution in [3.63, 3.8) is 0 Å². The van der Waals surface area contributed by atoms with E-state index in [-0.39, 0.29) is 18.2 Å². The van der Waals surface area contributed by atoms with Gasteiger partial charge in [-0.15, -0.1) is 5.10 Å². The summed E-state index contributed by atoms with van der Waals surface area (Å²) in [4.78, 5) is 29.4. The van der Waals surface area contributed by atoms with Crippen LogP contribution in [0.25, 0.3) is 16.5 Å². The summed E-state index contributed by atoms with van der Waals surface area (Å²) in [5, 5.41) is 17.2. The fraction of sp³-hybridized carbons (Fsp3) is 0.167. The highest BCUT2D eigenvalue weighted by Crippen LogP contribution is 2.40. The van der Waals surface area contributed by atoms with Crippen molar-refractivity contribution in [2.24, 2.45) is 0 Å². The van der Waals surface area contributed by atoms with Crippen LogP contribution >= 0.6 is 0 Å². The van der Waals surface area contributed by atoms with Gasteiger partial charge >= 0.3 is 0 Å². The maximum atomic E-state index is 13.2. The molecule has 0 saturated carbocycles. The molecule has 12 nitrogen and oxygen atoms in total. The van der Waals surface area contributed by atoms with Crippen LogP contribution in [0.3, 0.4) is 0 Å². The first-order valence-electron chi connectivity index (χ1n) is 13.2. The molecule has 0 aliphatic carbocycles. The third-order valence-electron chi connectivity index (χ3n) is 6.68. The van der Waals surface area contributed by atoms with Gasteiger partial charge in [0.05, 0.1) is 23.3 Å². The first-order valence-corrected chi connectivity index (χ1v) is 15.0. The number of nitrogens with zero attached hydrogens (tertiary/aromatic N) is 6. The molecule has 2 amide bonds. The fourth-order valence-corrected chi connectivity index (χ4v) is 4.92. The number of carbonyl (C=O) groups excluding carboxylic acids is 2. The smallest absolute Gasteiger partial charge is 0.261 e. The Morgan fingerprint density at radius 2 is 1.56 bits per heavy atom. The summed E-state index contributed by atoms with van der Waals surface area (Å²) in [6.45, 7) is 0. The zero-order valence-electron chi connectivity index (χ0n) is 23.7. The van der Waals surface area contributed by atoms with Gasteiger partial charge in [-0.25, -0.2) is 0 Å². The predicted octanol–water partition coefficient (Wildman–Crippen LogP) is 3.98. The van der Waals surface area contributed by atoms with E-state index < -0.39 is 10.1 Å².